The van der Waals surface area contributed by atoms with Gasteiger partial charge in [-0.15, -0.1) is 0 Å². The molecule has 2 aromatic rings. The molecule has 0 atom stereocenters. The summed E-state index contributed by atoms with van der Waals surface area (Å²) in [6, 6.07) is 11.9. The standard InChI is InChI=1S/C19H22N2O5S/c1-25-16-8-5-14(6-9-16)13-20-27(23,24)18-12-15(7-10-17(18)26-2)21-11-3-4-19(21)22/h5-10,12,20H,3-4,11,13H2,1-2H3. The third-order valence-corrected chi connectivity index (χ3v) is 5.87. The van der Waals surface area contributed by atoms with Gasteiger partial charge in [-0.25, -0.2) is 13.1 Å². The van der Waals surface area contributed by atoms with Crippen molar-refractivity contribution in [2.45, 2.75) is 24.3 Å². The Morgan fingerprint density at radius 1 is 1.07 bits per heavy atom. The summed E-state index contributed by atoms with van der Waals surface area (Å²) in [4.78, 5) is 13.6. The summed E-state index contributed by atoms with van der Waals surface area (Å²) in [5.74, 6) is 0.925. The normalized spacial score (nSPS) is 14.4. The minimum atomic E-state index is -3.83. The van der Waals surface area contributed by atoms with Gasteiger partial charge in [0.2, 0.25) is 15.9 Å². The van der Waals surface area contributed by atoms with E-state index in [1.165, 1.54) is 13.2 Å². The quantitative estimate of drug-likeness (QED) is 0.784. The molecule has 27 heavy (non-hydrogen) atoms. The van der Waals surface area contributed by atoms with Crippen LogP contribution in [0.3, 0.4) is 0 Å². The lowest BCUT2D eigenvalue weighted by molar-refractivity contribution is -0.117. The van der Waals surface area contributed by atoms with Crippen LogP contribution >= 0.6 is 0 Å². The molecule has 1 amide bonds. The second-order valence-corrected chi connectivity index (χ2v) is 7.89. The number of rotatable bonds is 7. The van der Waals surface area contributed by atoms with Gasteiger partial charge in [-0.1, -0.05) is 12.1 Å². The average Bonchev–Trinajstić information content (AvgIpc) is 3.12. The minimum absolute atomic E-state index is 0.00490. The third kappa shape index (κ3) is 4.23. The Bertz CT molecular complexity index is 926. The molecule has 0 bridgehead atoms. The van der Waals surface area contributed by atoms with Crippen molar-refractivity contribution in [3.63, 3.8) is 0 Å². The number of anilines is 1. The van der Waals surface area contributed by atoms with Gasteiger partial charge in [0.1, 0.15) is 16.4 Å². The van der Waals surface area contributed by atoms with E-state index in [1.807, 2.05) is 0 Å². The second kappa shape index (κ2) is 7.98. The second-order valence-electron chi connectivity index (χ2n) is 6.16. The first-order valence-corrected chi connectivity index (χ1v) is 10.0. The van der Waals surface area contributed by atoms with Gasteiger partial charge in [0, 0.05) is 25.2 Å². The predicted molar refractivity (Wildman–Crippen MR) is 102 cm³/mol. The van der Waals surface area contributed by atoms with E-state index in [1.54, 1.807) is 48.4 Å². The number of nitrogens with zero attached hydrogens (tertiary/aromatic N) is 1. The fourth-order valence-corrected chi connectivity index (χ4v) is 4.17. The monoisotopic (exact) mass is 390 g/mol. The van der Waals surface area contributed by atoms with Crippen LogP contribution in [0, 0.1) is 0 Å². The van der Waals surface area contributed by atoms with Crippen molar-refractivity contribution in [2.24, 2.45) is 0 Å². The largest absolute Gasteiger partial charge is 0.497 e. The molecule has 1 fully saturated rings. The van der Waals surface area contributed by atoms with E-state index in [4.69, 9.17) is 9.47 Å². The number of hydrogen-bond acceptors (Lipinski definition) is 5. The van der Waals surface area contributed by atoms with E-state index in [9.17, 15) is 13.2 Å². The van der Waals surface area contributed by atoms with E-state index < -0.39 is 10.0 Å². The molecule has 144 valence electrons. The van der Waals surface area contributed by atoms with Crippen molar-refractivity contribution in [3.8, 4) is 11.5 Å². The highest BCUT2D eigenvalue weighted by Gasteiger charge is 2.25. The number of amides is 1. The maximum atomic E-state index is 12.8. The molecular formula is C19H22N2O5S. The first-order valence-electron chi connectivity index (χ1n) is 8.55. The molecule has 3 rings (SSSR count). The first-order chi connectivity index (χ1) is 12.9. The highest BCUT2D eigenvalue weighted by atomic mass is 32.2. The third-order valence-electron chi connectivity index (χ3n) is 4.45. The lowest BCUT2D eigenvalue weighted by Crippen LogP contribution is -2.26. The molecule has 7 nitrogen and oxygen atoms in total. The predicted octanol–water partition coefficient (Wildman–Crippen LogP) is 2.31. The van der Waals surface area contributed by atoms with Crippen molar-refractivity contribution in [1.82, 2.24) is 4.72 Å². The molecule has 0 saturated carbocycles. The Balaban J connectivity index is 1.84. The maximum absolute atomic E-state index is 12.8. The van der Waals surface area contributed by atoms with Gasteiger partial charge >= 0.3 is 0 Å². The zero-order chi connectivity index (χ0) is 19.4. The highest BCUT2D eigenvalue weighted by molar-refractivity contribution is 7.89. The molecule has 1 N–H and O–H groups in total. The summed E-state index contributed by atoms with van der Waals surface area (Å²) in [6.07, 6.45) is 1.24. The van der Waals surface area contributed by atoms with Crippen LogP contribution in [0.2, 0.25) is 0 Å². The summed E-state index contributed by atoms with van der Waals surface area (Å²) in [5, 5.41) is 0. The van der Waals surface area contributed by atoms with Crippen LogP contribution in [0.5, 0.6) is 11.5 Å². The van der Waals surface area contributed by atoms with Crippen molar-refractivity contribution >= 4 is 21.6 Å². The molecule has 8 heteroatoms. The number of sulfonamides is 1. The number of nitrogens with one attached hydrogen (secondary N) is 1. The SMILES string of the molecule is COc1ccc(CNS(=O)(=O)c2cc(N3CCCC3=O)ccc2OC)cc1. The van der Waals surface area contributed by atoms with Crippen LogP contribution in [-0.4, -0.2) is 35.1 Å². The lowest BCUT2D eigenvalue weighted by atomic mass is 10.2. The Hall–Kier alpha value is -2.58. The van der Waals surface area contributed by atoms with Crippen LogP contribution < -0.4 is 19.1 Å². The molecule has 1 aliphatic rings. The first kappa shape index (κ1) is 19.2. The summed E-state index contributed by atoms with van der Waals surface area (Å²) in [6.45, 7) is 0.715. The van der Waals surface area contributed by atoms with E-state index in [0.717, 1.165) is 12.0 Å². The molecule has 0 aromatic heterocycles. The molecule has 0 radical (unpaired) electrons. The van der Waals surface area contributed by atoms with Gasteiger partial charge in [-0.2, -0.15) is 0 Å². The van der Waals surface area contributed by atoms with E-state index in [2.05, 4.69) is 4.72 Å². The van der Waals surface area contributed by atoms with Gasteiger partial charge in [0.05, 0.1) is 14.2 Å². The molecule has 0 spiro atoms. The Morgan fingerprint density at radius 3 is 2.41 bits per heavy atom. The van der Waals surface area contributed by atoms with E-state index in [0.29, 0.717) is 24.4 Å². The Labute approximate surface area is 158 Å². The lowest BCUT2D eigenvalue weighted by Gasteiger charge is -2.18. The van der Waals surface area contributed by atoms with Crippen molar-refractivity contribution in [1.29, 1.82) is 0 Å². The molecular weight excluding hydrogens is 368 g/mol. The molecule has 1 heterocycles. The molecule has 2 aromatic carbocycles. The number of ether oxygens (including phenoxy) is 2. The number of carbonyl (C=O) groups is 1. The number of hydrogen-bond donors (Lipinski definition) is 1. The van der Waals surface area contributed by atoms with Gasteiger partial charge in [0.25, 0.3) is 0 Å². The van der Waals surface area contributed by atoms with Gasteiger partial charge in [0.15, 0.2) is 0 Å². The van der Waals surface area contributed by atoms with E-state index >= 15 is 0 Å². The fourth-order valence-electron chi connectivity index (χ4n) is 2.96. The highest BCUT2D eigenvalue weighted by Crippen LogP contribution is 2.31. The fraction of sp³-hybridized carbons (Fsp3) is 0.316. The van der Waals surface area contributed by atoms with E-state index in [-0.39, 0.29) is 23.1 Å². The Morgan fingerprint density at radius 2 is 1.81 bits per heavy atom. The molecule has 0 unspecified atom stereocenters. The Kier molecular flexibility index (Phi) is 5.67. The average molecular weight is 390 g/mol. The van der Waals surface area contributed by atoms with Crippen LogP contribution in [0.4, 0.5) is 5.69 Å². The van der Waals surface area contributed by atoms with Crippen LogP contribution in [0.15, 0.2) is 47.4 Å². The topological polar surface area (TPSA) is 84.9 Å². The zero-order valence-corrected chi connectivity index (χ0v) is 16.1. The number of benzene rings is 2. The smallest absolute Gasteiger partial charge is 0.244 e. The van der Waals surface area contributed by atoms with Crippen molar-refractivity contribution in [2.75, 3.05) is 25.7 Å². The molecule has 1 saturated heterocycles. The van der Waals surface area contributed by atoms with Crippen molar-refractivity contribution < 1.29 is 22.7 Å². The summed E-state index contributed by atoms with van der Waals surface area (Å²) < 4.78 is 38.6. The van der Waals surface area contributed by atoms with Crippen LogP contribution in [0.25, 0.3) is 0 Å². The van der Waals surface area contributed by atoms with Gasteiger partial charge < -0.3 is 14.4 Å². The van der Waals surface area contributed by atoms with Crippen molar-refractivity contribution in [3.05, 3.63) is 48.0 Å². The minimum Gasteiger partial charge on any atom is -0.497 e. The van der Waals surface area contributed by atoms with Gasteiger partial charge in [-0.05, 0) is 42.3 Å². The van der Waals surface area contributed by atoms with Gasteiger partial charge in [-0.3, -0.25) is 4.79 Å². The molecule has 0 aliphatic carbocycles. The summed E-state index contributed by atoms with van der Waals surface area (Å²) >= 11 is 0. The summed E-state index contributed by atoms with van der Waals surface area (Å²) in [7, 11) is -0.844. The van der Waals surface area contributed by atoms with Crippen LogP contribution in [0.1, 0.15) is 18.4 Å². The maximum Gasteiger partial charge on any atom is 0.244 e. The number of carbonyl (C=O) groups excluding carboxylic acids is 1. The summed E-state index contributed by atoms with van der Waals surface area (Å²) in [5.41, 5.74) is 1.35. The zero-order valence-electron chi connectivity index (χ0n) is 15.3. The van der Waals surface area contributed by atoms with Crippen LogP contribution in [-0.2, 0) is 21.4 Å². The molecule has 1 aliphatic heterocycles. The number of methoxy groups -OCH3 is 2.